The molecule has 2 aromatic rings. The Bertz CT molecular complexity index is 790. The Morgan fingerprint density at radius 1 is 1.00 bits per heavy atom. The van der Waals surface area contributed by atoms with Crippen molar-refractivity contribution in [3.05, 3.63) is 65.7 Å². The van der Waals surface area contributed by atoms with Gasteiger partial charge in [-0.1, -0.05) is 48.5 Å². The molecule has 0 aromatic heterocycles. The second-order valence-electron chi connectivity index (χ2n) is 7.41. The summed E-state index contributed by atoms with van der Waals surface area (Å²) in [5.74, 6) is 0.950. The number of para-hydroxylation sites is 1. The maximum Gasteiger partial charge on any atom is 0.227 e. The number of hydrazine groups is 1. The molecule has 2 heterocycles. The summed E-state index contributed by atoms with van der Waals surface area (Å²) in [6.45, 7) is 3.31. The van der Waals surface area contributed by atoms with Crippen molar-refractivity contribution >= 4 is 5.91 Å². The van der Waals surface area contributed by atoms with Crippen LogP contribution in [0, 0.1) is 0 Å². The Morgan fingerprint density at radius 3 is 2.46 bits per heavy atom. The van der Waals surface area contributed by atoms with E-state index in [1.54, 1.807) is 7.11 Å². The summed E-state index contributed by atoms with van der Waals surface area (Å²) in [6.07, 6.45) is 1.72. The normalized spacial score (nSPS) is 23.0. The van der Waals surface area contributed by atoms with Crippen LogP contribution in [-0.4, -0.2) is 55.2 Å². The van der Waals surface area contributed by atoms with E-state index < -0.39 is 0 Å². The lowest BCUT2D eigenvalue weighted by molar-refractivity contribution is -0.132. The van der Waals surface area contributed by atoms with Gasteiger partial charge in [0.1, 0.15) is 5.75 Å². The maximum atomic E-state index is 12.7. The minimum atomic E-state index is 0.170. The number of nitrogens with one attached hydrogen (secondary N) is 2. The van der Waals surface area contributed by atoms with E-state index in [4.69, 9.17) is 4.74 Å². The summed E-state index contributed by atoms with van der Waals surface area (Å²) in [7, 11) is 1.65. The van der Waals surface area contributed by atoms with Gasteiger partial charge in [0.25, 0.3) is 0 Å². The topological polar surface area (TPSA) is 56.8 Å². The van der Waals surface area contributed by atoms with Gasteiger partial charge in [-0.05, 0) is 18.1 Å². The van der Waals surface area contributed by atoms with Crippen molar-refractivity contribution in [2.75, 3.05) is 33.3 Å². The smallest absolute Gasteiger partial charge is 0.227 e. The summed E-state index contributed by atoms with van der Waals surface area (Å²) in [4.78, 5) is 17.1. The molecule has 4 rings (SSSR count). The lowest BCUT2D eigenvalue weighted by atomic mass is 10.0. The Kier molecular flexibility index (Phi) is 5.90. The van der Waals surface area contributed by atoms with Crippen LogP contribution in [0.3, 0.4) is 0 Å². The van der Waals surface area contributed by atoms with Crippen molar-refractivity contribution in [3.8, 4) is 5.75 Å². The SMILES string of the molecule is COc1ccccc1CC(=O)N1CCN(C2CC(c3ccccc3)NN2)CC1. The third-order valence-electron chi connectivity index (χ3n) is 5.73. The summed E-state index contributed by atoms with van der Waals surface area (Å²) in [6, 6.07) is 18.6. The molecule has 2 N–H and O–H groups in total. The van der Waals surface area contributed by atoms with Gasteiger partial charge in [-0.25, -0.2) is 10.9 Å². The summed E-state index contributed by atoms with van der Waals surface area (Å²) in [5, 5.41) is 0. The fraction of sp³-hybridized carbons (Fsp3) is 0.409. The molecule has 6 heteroatoms. The van der Waals surface area contributed by atoms with Crippen LogP contribution in [0.25, 0.3) is 0 Å². The average molecular weight is 380 g/mol. The molecule has 148 valence electrons. The largest absolute Gasteiger partial charge is 0.496 e. The van der Waals surface area contributed by atoms with Crippen LogP contribution in [0.5, 0.6) is 5.75 Å². The molecule has 2 aromatic carbocycles. The van der Waals surface area contributed by atoms with Gasteiger partial charge in [-0.3, -0.25) is 9.69 Å². The summed E-state index contributed by atoms with van der Waals surface area (Å²) >= 11 is 0. The molecule has 2 unspecified atom stereocenters. The predicted octanol–water partition coefficient (Wildman–Crippen LogP) is 1.95. The van der Waals surface area contributed by atoms with E-state index in [2.05, 4.69) is 40.0 Å². The fourth-order valence-electron chi connectivity index (χ4n) is 4.09. The number of carbonyl (C=O) groups excluding carboxylic acids is 1. The van der Waals surface area contributed by atoms with Crippen LogP contribution in [-0.2, 0) is 11.2 Å². The monoisotopic (exact) mass is 380 g/mol. The second-order valence-corrected chi connectivity index (χ2v) is 7.41. The number of nitrogens with zero attached hydrogens (tertiary/aromatic N) is 2. The first-order valence-electron chi connectivity index (χ1n) is 9.94. The van der Waals surface area contributed by atoms with Gasteiger partial charge < -0.3 is 9.64 Å². The molecule has 1 amide bonds. The van der Waals surface area contributed by atoms with Gasteiger partial charge in [0.05, 0.1) is 19.7 Å². The highest BCUT2D eigenvalue weighted by Crippen LogP contribution is 2.24. The first-order valence-corrected chi connectivity index (χ1v) is 9.94. The first-order chi connectivity index (χ1) is 13.7. The van der Waals surface area contributed by atoms with Gasteiger partial charge in [-0.2, -0.15) is 0 Å². The quantitative estimate of drug-likeness (QED) is 0.830. The van der Waals surface area contributed by atoms with Crippen LogP contribution >= 0.6 is 0 Å². The van der Waals surface area contributed by atoms with Gasteiger partial charge in [0.2, 0.25) is 5.91 Å². The standard InChI is InChI=1S/C22H28N4O2/c1-28-20-10-6-5-9-18(20)15-22(27)26-13-11-25(12-14-26)21-16-19(23-24-21)17-7-3-2-4-8-17/h2-10,19,21,23-24H,11-16H2,1H3. The zero-order chi connectivity index (χ0) is 19.3. The number of methoxy groups -OCH3 is 1. The predicted molar refractivity (Wildman–Crippen MR) is 109 cm³/mol. The number of carbonyl (C=O) groups is 1. The fourth-order valence-corrected chi connectivity index (χ4v) is 4.09. The lowest BCUT2D eigenvalue weighted by Crippen LogP contribution is -2.55. The first kappa shape index (κ1) is 18.9. The lowest BCUT2D eigenvalue weighted by Gasteiger charge is -2.37. The number of benzene rings is 2. The van der Waals surface area contributed by atoms with Gasteiger partial charge >= 0.3 is 0 Å². The molecular weight excluding hydrogens is 352 g/mol. The minimum absolute atomic E-state index is 0.170. The molecule has 0 bridgehead atoms. The Balaban J connectivity index is 1.28. The molecule has 2 saturated heterocycles. The molecular formula is C22H28N4O2. The van der Waals surface area contributed by atoms with Gasteiger partial charge in [-0.15, -0.1) is 0 Å². The van der Waals surface area contributed by atoms with Crippen LogP contribution in [0.4, 0.5) is 0 Å². The molecule has 0 aliphatic carbocycles. The van der Waals surface area contributed by atoms with Crippen molar-refractivity contribution in [2.24, 2.45) is 0 Å². The zero-order valence-electron chi connectivity index (χ0n) is 16.3. The van der Waals surface area contributed by atoms with E-state index in [-0.39, 0.29) is 5.91 Å². The number of ether oxygens (including phenoxy) is 1. The van der Waals surface area contributed by atoms with Crippen molar-refractivity contribution in [1.82, 2.24) is 20.7 Å². The highest BCUT2D eigenvalue weighted by Gasteiger charge is 2.32. The van der Waals surface area contributed by atoms with E-state index in [1.807, 2.05) is 35.2 Å². The van der Waals surface area contributed by atoms with E-state index >= 15 is 0 Å². The van der Waals surface area contributed by atoms with Crippen LogP contribution < -0.4 is 15.6 Å². The van der Waals surface area contributed by atoms with E-state index in [0.717, 1.165) is 43.9 Å². The highest BCUT2D eigenvalue weighted by molar-refractivity contribution is 5.79. The number of amides is 1. The van der Waals surface area contributed by atoms with E-state index in [1.165, 1.54) is 5.56 Å². The van der Waals surface area contributed by atoms with E-state index in [0.29, 0.717) is 18.6 Å². The molecule has 6 nitrogen and oxygen atoms in total. The molecule has 28 heavy (non-hydrogen) atoms. The van der Waals surface area contributed by atoms with Crippen LogP contribution in [0.2, 0.25) is 0 Å². The van der Waals surface area contributed by atoms with Crippen LogP contribution in [0.1, 0.15) is 23.6 Å². The molecule has 2 atom stereocenters. The summed E-state index contributed by atoms with van der Waals surface area (Å²) in [5.41, 5.74) is 9.10. The average Bonchev–Trinajstić information content (AvgIpc) is 3.25. The molecule has 2 aliphatic heterocycles. The highest BCUT2D eigenvalue weighted by atomic mass is 16.5. The van der Waals surface area contributed by atoms with Gasteiger partial charge in [0, 0.05) is 37.8 Å². The number of piperazine rings is 1. The Morgan fingerprint density at radius 2 is 1.71 bits per heavy atom. The number of rotatable bonds is 5. The molecule has 0 radical (unpaired) electrons. The molecule has 0 saturated carbocycles. The second kappa shape index (κ2) is 8.73. The molecule has 0 spiro atoms. The minimum Gasteiger partial charge on any atom is -0.496 e. The van der Waals surface area contributed by atoms with Crippen LogP contribution in [0.15, 0.2) is 54.6 Å². The molecule has 2 fully saturated rings. The third-order valence-corrected chi connectivity index (χ3v) is 5.73. The van der Waals surface area contributed by atoms with Gasteiger partial charge in [0.15, 0.2) is 0 Å². The van der Waals surface area contributed by atoms with Crippen molar-refractivity contribution in [2.45, 2.75) is 25.0 Å². The Hall–Kier alpha value is -2.41. The van der Waals surface area contributed by atoms with Crippen molar-refractivity contribution < 1.29 is 9.53 Å². The number of hydrogen-bond acceptors (Lipinski definition) is 5. The van der Waals surface area contributed by atoms with Crippen molar-refractivity contribution in [3.63, 3.8) is 0 Å². The zero-order valence-corrected chi connectivity index (χ0v) is 16.3. The van der Waals surface area contributed by atoms with E-state index in [9.17, 15) is 4.79 Å². The summed E-state index contributed by atoms with van der Waals surface area (Å²) < 4.78 is 5.37. The molecule has 2 aliphatic rings. The van der Waals surface area contributed by atoms with Crippen molar-refractivity contribution in [1.29, 1.82) is 0 Å². The Labute approximate surface area is 166 Å². The number of hydrogen-bond donors (Lipinski definition) is 2. The maximum absolute atomic E-state index is 12.7. The third kappa shape index (κ3) is 4.19.